The minimum Gasteiger partial charge on any atom is -0.508 e. The van der Waals surface area contributed by atoms with Crippen LogP contribution in [0.3, 0.4) is 0 Å². The van der Waals surface area contributed by atoms with Gasteiger partial charge < -0.3 is 14.6 Å². The summed E-state index contributed by atoms with van der Waals surface area (Å²) in [5.74, 6) is 0.168. The van der Waals surface area contributed by atoms with Crippen molar-refractivity contribution >= 4 is 24.1 Å². The third kappa shape index (κ3) is 5.80. The van der Waals surface area contributed by atoms with Gasteiger partial charge in [-0.05, 0) is 35.4 Å². The molecule has 0 heterocycles. The van der Waals surface area contributed by atoms with E-state index in [0.29, 0.717) is 23.5 Å². The van der Waals surface area contributed by atoms with E-state index in [0.717, 1.165) is 5.56 Å². The van der Waals surface area contributed by atoms with Crippen molar-refractivity contribution in [3.63, 3.8) is 0 Å². The summed E-state index contributed by atoms with van der Waals surface area (Å²) >= 11 is 0. The summed E-state index contributed by atoms with van der Waals surface area (Å²) in [6, 6.07) is 11.7. The highest BCUT2D eigenvalue weighted by Gasteiger charge is 2.04. The Morgan fingerprint density at radius 1 is 0.840 bits per heavy atom. The Balaban J connectivity index is 2.10. The molecule has 0 aromatic heterocycles. The van der Waals surface area contributed by atoms with Crippen LogP contribution >= 0.6 is 0 Å². The lowest BCUT2D eigenvalue weighted by Crippen LogP contribution is -2.05. The highest BCUT2D eigenvalue weighted by Crippen LogP contribution is 2.24. The first kappa shape index (κ1) is 18.3. The summed E-state index contributed by atoms with van der Waals surface area (Å²) < 4.78 is 10.2. The van der Waals surface area contributed by atoms with Gasteiger partial charge >= 0.3 is 11.9 Å². The van der Waals surface area contributed by atoms with Crippen LogP contribution < -0.4 is 9.47 Å². The van der Waals surface area contributed by atoms with Crippen LogP contribution in [0.15, 0.2) is 42.5 Å². The van der Waals surface area contributed by atoms with Gasteiger partial charge in [-0.1, -0.05) is 38.1 Å². The molecule has 0 aliphatic carbocycles. The zero-order chi connectivity index (χ0) is 18.2. The molecule has 2 aromatic carbocycles. The van der Waals surface area contributed by atoms with Crippen LogP contribution in [0.4, 0.5) is 0 Å². The molecule has 25 heavy (non-hydrogen) atoms. The predicted octanol–water partition coefficient (Wildman–Crippen LogP) is 4.19. The second kappa shape index (κ2) is 8.68. The molecule has 2 aromatic rings. The maximum Gasteiger partial charge on any atom is 0.310 e. The molecule has 5 heteroatoms. The smallest absolute Gasteiger partial charge is 0.310 e. The molecule has 130 valence electrons. The van der Waals surface area contributed by atoms with E-state index in [1.165, 1.54) is 6.07 Å². The summed E-state index contributed by atoms with van der Waals surface area (Å²) in [6.45, 7) is 3.44. The molecule has 0 amide bonds. The number of carbonyl (C=O) groups is 2. The molecule has 0 aliphatic rings. The van der Waals surface area contributed by atoms with Crippen LogP contribution in [0.1, 0.15) is 37.8 Å². The van der Waals surface area contributed by atoms with E-state index in [2.05, 4.69) is 0 Å². The fourth-order valence-electron chi connectivity index (χ4n) is 2.01. The van der Waals surface area contributed by atoms with E-state index in [1.54, 1.807) is 44.2 Å². The van der Waals surface area contributed by atoms with Crippen LogP contribution in [0, 0.1) is 0 Å². The number of phenols is 1. The number of hydrogen-bond acceptors (Lipinski definition) is 5. The molecule has 0 saturated heterocycles. The van der Waals surface area contributed by atoms with Crippen LogP contribution in [0.25, 0.3) is 12.2 Å². The van der Waals surface area contributed by atoms with Gasteiger partial charge in [0, 0.05) is 18.9 Å². The molecule has 0 radical (unpaired) electrons. The molecule has 0 aliphatic heterocycles. The third-order valence-corrected chi connectivity index (χ3v) is 3.30. The highest BCUT2D eigenvalue weighted by molar-refractivity contribution is 5.75. The zero-order valence-corrected chi connectivity index (χ0v) is 14.2. The number of aromatic hydroxyl groups is 1. The molecule has 0 fully saturated rings. The van der Waals surface area contributed by atoms with Gasteiger partial charge in [-0.2, -0.15) is 0 Å². The summed E-state index contributed by atoms with van der Waals surface area (Å²) in [4.78, 5) is 22.6. The van der Waals surface area contributed by atoms with Crippen molar-refractivity contribution in [1.82, 2.24) is 0 Å². The molecule has 0 unspecified atom stereocenters. The number of rotatable bonds is 6. The van der Waals surface area contributed by atoms with Crippen LogP contribution in [0.2, 0.25) is 0 Å². The van der Waals surface area contributed by atoms with Crippen molar-refractivity contribution in [2.75, 3.05) is 0 Å². The Morgan fingerprint density at radius 3 is 2.00 bits per heavy atom. The second-order valence-electron chi connectivity index (χ2n) is 5.32. The van der Waals surface area contributed by atoms with Crippen molar-refractivity contribution in [1.29, 1.82) is 0 Å². The molecule has 5 nitrogen and oxygen atoms in total. The Labute approximate surface area is 146 Å². The van der Waals surface area contributed by atoms with E-state index in [-0.39, 0.29) is 24.1 Å². The summed E-state index contributed by atoms with van der Waals surface area (Å²) in [6.07, 6.45) is 4.21. The van der Waals surface area contributed by atoms with Crippen molar-refractivity contribution < 1.29 is 24.2 Å². The van der Waals surface area contributed by atoms with E-state index < -0.39 is 0 Å². The van der Waals surface area contributed by atoms with Gasteiger partial charge in [0.25, 0.3) is 0 Å². The first-order chi connectivity index (χ1) is 12.0. The van der Waals surface area contributed by atoms with Crippen molar-refractivity contribution in [2.24, 2.45) is 0 Å². The topological polar surface area (TPSA) is 72.8 Å². The molecular formula is C20H20O5. The van der Waals surface area contributed by atoms with Crippen molar-refractivity contribution in [3.8, 4) is 17.2 Å². The number of benzene rings is 2. The Kier molecular flexibility index (Phi) is 6.34. The maximum atomic E-state index is 11.4. The fourth-order valence-corrected chi connectivity index (χ4v) is 2.01. The Morgan fingerprint density at radius 2 is 1.40 bits per heavy atom. The Hall–Kier alpha value is -3.08. The molecular weight excluding hydrogens is 320 g/mol. The average molecular weight is 340 g/mol. The zero-order valence-electron chi connectivity index (χ0n) is 14.2. The lowest BCUT2D eigenvalue weighted by Gasteiger charge is -2.05. The first-order valence-electron chi connectivity index (χ1n) is 8.03. The number of hydrogen-bond donors (Lipinski definition) is 1. The predicted molar refractivity (Wildman–Crippen MR) is 95.3 cm³/mol. The monoisotopic (exact) mass is 340 g/mol. The molecule has 0 spiro atoms. The van der Waals surface area contributed by atoms with Gasteiger partial charge in [-0.15, -0.1) is 0 Å². The lowest BCUT2D eigenvalue weighted by atomic mass is 10.1. The van der Waals surface area contributed by atoms with Crippen molar-refractivity contribution in [2.45, 2.75) is 26.7 Å². The quantitative estimate of drug-likeness (QED) is 0.485. The standard InChI is InChI=1S/C20H20O5/c1-3-19(22)24-17-9-7-14(8-10-17)5-6-15-11-16(21)13-18(12-15)25-20(23)4-2/h5-13,21H,3-4H2,1-2H3. The van der Waals surface area contributed by atoms with Gasteiger partial charge in [-0.25, -0.2) is 0 Å². The summed E-state index contributed by atoms with van der Waals surface area (Å²) in [7, 11) is 0. The number of esters is 2. The largest absolute Gasteiger partial charge is 0.508 e. The normalized spacial score (nSPS) is 10.6. The highest BCUT2D eigenvalue weighted by atomic mass is 16.5. The maximum absolute atomic E-state index is 11.4. The second-order valence-corrected chi connectivity index (χ2v) is 5.32. The van der Waals surface area contributed by atoms with E-state index >= 15 is 0 Å². The molecule has 1 N–H and O–H groups in total. The van der Waals surface area contributed by atoms with Crippen LogP contribution in [-0.2, 0) is 9.59 Å². The molecule has 0 atom stereocenters. The first-order valence-corrected chi connectivity index (χ1v) is 8.03. The van der Waals surface area contributed by atoms with E-state index in [4.69, 9.17) is 9.47 Å². The van der Waals surface area contributed by atoms with Crippen molar-refractivity contribution in [3.05, 3.63) is 53.6 Å². The van der Waals surface area contributed by atoms with Gasteiger partial charge in [0.05, 0.1) is 0 Å². The van der Waals surface area contributed by atoms with Gasteiger partial charge in [0.15, 0.2) is 0 Å². The van der Waals surface area contributed by atoms with E-state index in [1.807, 2.05) is 18.2 Å². The summed E-state index contributed by atoms with van der Waals surface area (Å²) in [5, 5.41) is 9.75. The number of carbonyl (C=O) groups excluding carboxylic acids is 2. The minimum absolute atomic E-state index is 0.0166. The Bertz CT molecular complexity index is 775. The molecule has 2 rings (SSSR count). The van der Waals surface area contributed by atoms with Crippen LogP contribution in [-0.4, -0.2) is 17.0 Å². The third-order valence-electron chi connectivity index (χ3n) is 3.30. The number of phenolic OH excluding ortho intramolecular Hbond substituents is 1. The van der Waals surface area contributed by atoms with Gasteiger partial charge in [-0.3, -0.25) is 9.59 Å². The van der Waals surface area contributed by atoms with Gasteiger partial charge in [0.1, 0.15) is 17.2 Å². The minimum atomic E-state index is -0.363. The van der Waals surface area contributed by atoms with Crippen LogP contribution in [0.5, 0.6) is 17.2 Å². The number of ether oxygens (including phenoxy) is 2. The van der Waals surface area contributed by atoms with E-state index in [9.17, 15) is 14.7 Å². The fraction of sp³-hybridized carbons (Fsp3) is 0.200. The lowest BCUT2D eigenvalue weighted by molar-refractivity contribution is -0.134. The molecule has 0 bridgehead atoms. The average Bonchev–Trinajstić information content (AvgIpc) is 2.60. The van der Waals surface area contributed by atoms with Gasteiger partial charge in [0.2, 0.25) is 0 Å². The summed E-state index contributed by atoms with van der Waals surface area (Å²) in [5.41, 5.74) is 1.59. The SMILES string of the molecule is CCC(=O)Oc1ccc(C=Cc2cc(O)cc(OC(=O)CC)c2)cc1. The molecule has 0 saturated carbocycles.